The predicted octanol–water partition coefficient (Wildman–Crippen LogP) is 2.81. The molecule has 3 amide bonds. The Labute approximate surface area is 158 Å². The minimum atomic E-state index is -0.757. The second kappa shape index (κ2) is 12.1. The van der Waals surface area contributed by atoms with Crippen molar-refractivity contribution in [3.63, 3.8) is 0 Å². The van der Waals surface area contributed by atoms with Gasteiger partial charge in [0, 0.05) is 17.8 Å². The van der Waals surface area contributed by atoms with Gasteiger partial charge in [-0.25, -0.2) is 9.59 Å². The van der Waals surface area contributed by atoms with Gasteiger partial charge in [0.05, 0.1) is 13.2 Å². The molecule has 8 heteroatoms. The number of hydrogen-bond donors (Lipinski definition) is 2. The first kappa shape index (κ1) is 21.8. The summed E-state index contributed by atoms with van der Waals surface area (Å²) in [5.74, 6) is -0.405. The minimum Gasteiger partial charge on any atom is -0.490 e. The lowest BCUT2D eigenvalue weighted by molar-refractivity contribution is -0.143. The first-order valence-electron chi connectivity index (χ1n) is 8.46. The standard InChI is InChI=1S/C19H24N2O6/c1-4-7-8-9-18(23)27-13-17(22)21-19(24)20-14-10-11-15(25-5-2)16(12-14)26-6-3/h4,7-12H,5-6,13H2,1-3H3,(H2,20,21,22,24)/b7-4+,9-8+. The highest BCUT2D eigenvalue weighted by atomic mass is 16.5. The molecule has 27 heavy (non-hydrogen) atoms. The van der Waals surface area contributed by atoms with Crippen LogP contribution in [-0.2, 0) is 14.3 Å². The Morgan fingerprint density at radius 1 is 1.04 bits per heavy atom. The number of allylic oxidation sites excluding steroid dienone is 3. The summed E-state index contributed by atoms with van der Waals surface area (Å²) >= 11 is 0. The molecule has 0 saturated heterocycles. The quantitative estimate of drug-likeness (QED) is 0.390. The van der Waals surface area contributed by atoms with E-state index in [2.05, 4.69) is 10.6 Å². The maximum absolute atomic E-state index is 11.9. The molecule has 0 aliphatic rings. The van der Waals surface area contributed by atoms with Gasteiger partial charge < -0.3 is 19.5 Å². The average Bonchev–Trinajstić information content (AvgIpc) is 2.62. The van der Waals surface area contributed by atoms with E-state index in [-0.39, 0.29) is 0 Å². The number of urea groups is 1. The lowest BCUT2D eigenvalue weighted by Gasteiger charge is -2.13. The summed E-state index contributed by atoms with van der Waals surface area (Å²) in [4.78, 5) is 34.9. The molecule has 0 bridgehead atoms. The van der Waals surface area contributed by atoms with Gasteiger partial charge in [0.25, 0.3) is 5.91 Å². The molecule has 0 atom stereocenters. The van der Waals surface area contributed by atoms with Gasteiger partial charge in [-0.15, -0.1) is 0 Å². The molecule has 1 aromatic carbocycles. The van der Waals surface area contributed by atoms with Crippen molar-refractivity contribution in [1.29, 1.82) is 0 Å². The number of carbonyl (C=O) groups is 3. The van der Waals surface area contributed by atoms with Gasteiger partial charge in [-0.2, -0.15) is 0 Å². The number of rotatable bonds is 9. The van der Waals surface area contributed by atoms with Gasteiger partial charge in [-0.3, -0.25) is 10.1 Å². The van der Waals surface area contributed by atoms with Gasteiger partial charge in [0.1, 0.15) is 0 Å². The van der Waals surface area contributed by atoms with Crippen molar-refractivity contribution in [3.05, 3.63) is 42.5 Å². The summed E-state index contributed by atoms with van der Waals surface area (Å²) in [6.45, 7) is 5.82. The van der Waals surface area contributed by atoms with Gasteiger partial charge in [0.15, 0.2) is 18.1 Å². The molecule has 0 saturated carbocycles. The van der Waals surface area contributed by atoms with Crippen LogP contribution in [0.15, 0.2) is 42.5 Å². The summed E-state index contributed by atoms with van der Waals surface area (Å²) in [7, 11) is 0. The van der Waals surface area contributed by atoms with E-state index in [1.165, 1.54) is 12.2 Å². The fourth-order valence-electron chi connectivity index (χ4n) is 1.88. The maximum atomic E-state index is 11.9. The molecular formula is C19H24N2O6. The largest absolute Gasteiger partial charge is 0.490 e. The molecular weight excluding hydrogens is 352 g/mol. The van der Waals surface area contributed by atoms with Gasteiger partial charge in [-0.05, 0) is 32.9 Å². The lowest BCUT2D eigenvalue weighted by atomic mass is 10.2. The van der Waals surface area contributed by atoms with Crippen molar-refractivity contribution < 1.29 is 28.6 Å². The van der Waals surface area contributed by atoms with E-state index < -0.39 is 24.5 Å². The SMILES string of the molecule is C/C=C/C=C/C(=O)OCC(=O)NC(=O)Nc1ccc(OCC)c(OCC)c1. The van der Waals surface area contributed by atoms with Crippen LogP contribution in [0.25, 0.3) is 0 Å². The van der Waals surface area contributed by atoms with Crippen molar-refractivity contribution >= 4 is 23.6 Å². The van der Waals surface area contributed by atoms with E-state index in [0.717, 1.165) is 0 Å². The molecule has 0 fully saturated rings. The zero-order valence-corrected chi connectivity index (χ0v) is 15.6. The molecule has 0 spiro atoms. The lowest BCUT2D eigenvalue weighted by Crippen LogP contribution is -2.37. The van der Waals surface area contributed by atoms with Crippen molar-refractivity contribution in [2.75, 3.05) is 25.1 Å². The second-order valence-electron chi connectivity index (χ2n) is 5.02. The van der Waals surface area contributed by atoms with Crippen LogP contribution in [0.3, 0.4) is 0 Å². The monoisotopic (exact) mass is 376 g/mol. The van der Waals surface area contributed by atoms with E-state index >= 15 is 0 Å². The van der Waals surface area contributed by atoms with Crippen molar-refractivity contribution in [2.24, 2.45) is 0 Å². The Hall–Kier alpha value is -3.29. The third-order valence-corrected chi connectivity index (χ3v) is 2.94. The Morgan fingerprint density at radius 2 is 1.74 bits per heavy atom. The van der Waals surface area contributed by atoms with E-state index in [9.17, 15) is 14.4 Å². The summed E-state index contributed by atoms with van der Waals surface area (Å²) in [5.41, 5.74) is 0.415. The van der Waals surface area contributed by atoms with Crippen LogP contribution in [0.4, 0.5) is 10.5 Å². The predicted molar refractivity (Wildman–Crippen MR) is 101 cm³/mol. The fourth-order valence-corrected chi connectivity index (χ4v) is 1.88. The number of ether oxygens (including phenoxy) is 3. The van der Waals surface area contributed by atoms with Gasteiger partial charge >= 0.3 is 12.0 Å². The molecule has 1 rings (SSSR count). The Kier molecular flexibility index (Phi) is 9.77. The van der Waals surface area contributed by atoms with E-state index in [0.29, 0.717) is 30.4 Å². The number of benzene rings is 1. The summed E-state index contributed by atoms with van der Waals surface area (Å²) in [5, 5.41) is 4.57. The van der Waals surface area contributed by atoms with Crippen LogP contribution in [0.2, 0.25) is 0 Å². The van der Waals surface area contributed by atoms with Gasteiger partial charge in [-0.1, -0.05) is 18.2 Å². The number of carbonyl (C=O) groups excluding carboxylic acids is 3. The highest BCUT2D eigenvalue weighted by Crippen LogP contribution is 2.30. The number of hydrogen-bond acceptors (Lipinski definition) is 6. The molecule has 0 aliphatic carbocycles. The van der Waals surface area contributed by atoms with Crippen LogP contribution < -0.4 is 20.1 Å². The van der Waals surface area contributed by atoms with E-state index in [1.807, 2.05) is 13.8 Å². The van der Waals surface area contributed by atoms with Crippen LogP contribution in [0.1, 0.15) is 20.8 Å². The number of esters is 1. The number of amides is 3. The molecule has 0 aromatic heterocycles. The number of anilines is 1. The Bertz CT molecular complexity index is 712. The van der Waals surface area contributed by atoms with Crippen LogP contribution >= 0.6 is 0 Å². The molecule has 146 valence electrons. The van der Waals surface area contributed by atoms with Gasteiger partial charge in [0.2, 0.25) is 0 Å². The van der Waals surface area contributed by atoms with Crippen LogP contribution in [0, 0.1) is 0 Å². The molecule has 0 unspecified atom stereocenters. The smallest absolute Gasteiger partial charge is 0.331 e. The average molecular weight is 376 g/mol. The third-order valence-electron chi connectivity index (χ3n) is 2.94. The summed E-state index contributed by atoms with van der Waals surface area (Å²) in [6.07, 6.45) is 6.03. The number of nitrogens with one attached hydrogen (secondary N) is 2. The maximum Gasteiger partial charge on any atom is 0.331 e. The topological polar surface area (TPSA) is 103 Å². The van der Waals surface area contributed by atoms with Crippen molar-refractivity contribution in [2.45, 2.75) is 20.8 Å². The zero-order valence-electron chi connectivity index (χ0n) is 15.6. The van der Waals surface area contributed by atoms with E-state index in [4.69, 9.17) is 14.2 Å². The molecule has 2 N–H and O–H groups in total. The number of imide groups is 1. The van der Waals surface area contributed by atoms with Crippen molar-refractivity contribution in [3.8, 4) is 11.5 Å². The summed E-state index contributed by atoms with van der Waals surface area (Å²) < 4.78 is 15.6. The molecule has 0 radical (unpaired) electrons. The van der Waals surface area contributed by atoms with Crippen LogP contribution in [-0.4, -0.2) is 37.7 Å². The molecule has 0 aliphatic heterocycles. The highest BCUT2D eigenvalue weighted by molar-refractivity contribution is 6.02. The minimum absolute atomic E-state index is 0.415. The highest BCUT2D eigenvalue weighted by Gasteiger charge is 2.12. The second-order valence-corrected chi connectivity index (χ2v) is 5.02. The Morgan fingerprint density at radius 3 is 2.41 bits per heavy atom. The third kappa shape index (κ3) is 8.57. The van der Waals surface area contributed by atoms with Crippen molar-refractivity contribution in [1.82, 2.24) is 5.32 Å². The zero-order chi connectivity index (χ0) is 20.1. The van der Waals surface area contributed by atoms with E-state index in [1.54, 1.807) is 37.3 Å². The van der Waals surface area contributed by atoms with Crippen LogP contribution in [0.5, 0.6) is 11.5 Å². The first-order valence-corrected chi connectivity index (χ1v) is 8.46. The first-order chi connectivity index (χ1) is 13.0. The fraction of sp³-hybridized carbons (Fsp3) is 0.316. The molecule has 1 aromatic rings. The summed E-state index contributed by atoms with van der Waals surface area (Å²) in [6, 6.07) is 4.10. The Balaban J connectivity index is 2.54. The normalized spacial score (nSPS) is 10.6. The molecule has 0 heterocycles. The molecule has 8 nitrogen and oxygen atoms in total.